The number of hydroxylamine groups is 2. The van der Waals surface area contributed by atoms with Crippen LogP contribution < -0.4 is 0 Å². The summed E-state index contributed by atoms with van der Waals surface area (Å²) in [5.41, 5.74) is 4.22. The highest BCUT2D eigenvalue weighted by molar-refractivity contribution is 5.61. The van der Waals surface area contributed by atoms with E-state index in [4.69, 9.17) is 4.84 Å². The van der Waals surface area contributed by atoms with Crippen molar-refractivity contribution in [3.63, 3.8) is 0 Å². The molecule has 1 N–H and O–H groups in total. The molecule has 0 aliphatic carbocycles. The average Bonchev–Trinajstić information content (AvgIpc) is 2.86. The molecule has 0 spiro atoms. The van der Waals surface area contributed by atoms with Crippen molar-refractivity contribution in [2.75, 3.05) is 13.2 Å². The normalized spacial score (nSPS) is 18.8. The molecular formula is C21H33NO2. The Labute approximate surface area is 147 Å². The summed E-state index contributed by atoms with van der Waals surface area (Å²) in [6.07, 6.45) is 2.21. The van der Waals surface area contributed by atoms with E-state index in [0.717, 1.165) is 23.2 Å². The highest BCUT2D eigenvalue weighted by Crippen LogP contribution is 2.40. The number of aromatic hydroxyl groups is 1. The van der Waals surface area contributed by atoms with Gasteiger partial charge in [-0.1, -0.05) is 47.6 Å². The summed E-state index contributed by atoms with van der Waals surface area (Å²) in [6.45, 7) is 18.6. The van der Waals surface area contributed by atoms with Crippen LogP contribution in [0.25, 0.3) is 6.08 Å². The number of rotatable bonds is 2. The topological polar surface area (TPSA) is 32.7 Å². The first-order chi connectivity index (χ1) is 10.9. The lowest BCUT2D eigenvalue weighted by atomic mass is 9.78. The molecule has 1 heterocycles. The van der Waals surface area contributed by atoms with E-state index in [-0.39, 0.29) is 10.8 Å². The fourth-order valence-electron chi connectivity index (χ4n) is 3.00. The molecule has 0 radical (unpaired) electrons. The van der Waals surface area contributed by atoms with Gasteiger partial charge in [0.2, 0.25) is 0 Å². The van der Waals surface area contributed by atoms with Crippen LogP contribution in [-0.4, -0.2) is 29.4 Å². The van der Waals surface area contributed by atoms with Crippen LogP contribution in [0.15, 0.2) is 17.7 Å². The summed E-state index contributed by atoms with van der Waals surface area (Å²) in [6, 6.07) is 4.62. The van der Waals surface area contributed by atoms with Gasteiger partial charge in [-0.05, 0) is 47.9 Å². The van der Waals surface area contributed by atoms with Crippen LogP contribution in [0.5, 0.6) is 5.75 Å². The zero-order chi connectivity index (χ0) is 18.3. The van der Waals surface area contributed by atoms with Gasteiger partial charge in [0.1, 0.15) is 5.75 Å². The second-order valence-electron chi connectivity index (χ2n) is 9.21. The Morgan fingerprint density at radius 1 is 1.04 bits per heavy atom. The van der Waals surface area contributed by atoms with Crippen molar-refractivity contribution in [2.24, 2.45) is 0 Å². The van der Waals surface area contributed by atoms with Gasteiger partial charge in [-0.3, -0.25) is 4.84 Å². The Hall–Kier alpha value is -1.32. The number of hydrogen-bond acceptors (Lipinski definition) is 3. The molecular weight excluding hydrogens is 298 g/mol. The van der Waals surface area contributed by atoms with E-state index in [1.807, 2.05) is 5.06 Å². The molecule has 0 amide bonds. The summed E-state index contributed by atoms with van der Waals surface area (Å²) in [5, 5.41) is 12.8. The first-order valence-corrected chi connectivity index (χ1v) is 8.86. The molecule has 3 nitrogen and oxygen atoms in total. The summed E-state index contributed by atoms with van der Waals surface area (Å²) in [5.74, 6) is 0.434. The van der Waals surface area contributed by atoms with Crippen LogP contribution in [0.3, 0.4) is 0 Å². The van der Waals surface area contributed by atoms with Crippen LogP contribution in [0.2, 0.25) is 0 Å². The van der Waals surface area contributed by atoms with Crippen LogP contribution in [0.4, 0.5) is 0 Å². The lowest BCUT2D eigenvalue weighted by Gasteiger charge is -2.28. The van der Waals surface area contributed by atoms with Crippen LogP contribution in [0.1, 0.15) is 72.1 Å². The van der Waals surface area contributed by atoms with Gasteiger partial charge in [-0.15, -0.1) is 0 Å². The molecule has 1 saturated heterocycles. The van der Waals surface area contributed by atoms with Gasteiger partial charge in [-0.25, -0.2) is 0 Å². The van der Waals surface area contributed by atoms with Gasteiger partial charge < -0.3 is 5.11 Å². The average molecular weight is 332 g/mol. The Bertz CT molecular complexity index is 595. The third-order valence-electron chi connectivity index (χ3n) is 4.47. The van der Waals surface area contributed by atoms with Crippen molar-refractivity contribution >= 4 is 6.08 Å². The van der Waals surface area contributed by atoms with Crippen molar-refractivity contribution < 1.29 is 9.94 Å². The molecule has 0 saturated carbocycles. The van der Waals surface area contributed by atoms with E-state index >= 15 is 0 Å². The molecule has 134 valence electrons. The Morgan fingerprint density at radius 2 is 1.54 bits per heavy atom. The first kappa shape index (κ1) is 19.0. The van der Waals surface area contributed by atoms with E-state index in [0.29, 0.717) is 18.4 Å². The predicted octanol–water partition coefficient (Wildman–Crippen LogP) is 5.03. The van der Waals surface area contributed by atoms with Gasteiger partial charge in [0.05, 0.1) is 6.61 Å². The Balaban J connectivity index is 2.48. The predicted molar refractivity (Wildman–Crippen MR) is 101 cm³/mol. The van der Waals surface area contributed by atoms with Gasteiger partial charge in [0.15, 0.2) is 0 Å². The van der Waals surface area contributed by atoms with Gasteiger partial charge in [-0.2, -0.15) is 5.06 Å². The van der Waals surface area contributed by atoms with Gasteiger partial charge in [0.25, 0.3) is 0 Å². The summed E-state index contributed by atoms with van der Waals surface area (Å²) < 4.78 is 0. The summed E-state index contributed by atoms with van der Waals surface area (Å²) >= 11 is 0. The SMILES string of the molecule is CC(C)N1CC(=Cc2cc(C(C)(C)C)c(O)c(C(C)(C)C)c2)CO1. The quantitative estimate of drug-likeness (QED) is 0.825. The molecule has 0 bridgehead atoms. The fraction of sp³-hybridized carbons (Fsp3) is 0.619. The number of phenols is 1. The van der Waals surface area contributed by atoms with Crippen LogP contribution >= 0.6 is 0 Å². The van der Waals surface area contributed by atoms with Crippen LogP contribution in [0, 0.1) is 0 Å². The molecule has 1 aromatic carbocycles. The third-order valence-corrected chi connectivity index (χ3v) is 4.47. The zero-order valence-electron chi connectivity index (χ0n) is 16.5. The van der Waals surface area contributed by atoms with Gasteiger partial charge in [0, 0.05) is 23.7 Å². The number of hydrogen-bond donors (Lipinski definition) is 1. The molecule has 1 aromatic rings. The van der Waals surface area contributed by atoms with Crippen molar-refractivity contribution in [1.29, 1.82) is 0 Å². The maximum atomic E-state index is 10.8. The second kappa shape index (κ2) is 6.53. The lowest BCUT2D eigenvalue weighted by Crippen LogP contribution is -2.25. The molecule has 1 aliphatic heterocycles. The molecule has 1 fully saturated rings. The van der Waals surface area contributed by atoms with E-state index in [1.165, 1.54) is 5.57 Å². The molecule has 2 rings (SSSR count). The summed E-state index contributed by atoms with van der Waals surface area (Å²) in [4.78, 5) is 5.73. The van der Waals surface area contributed by atoms with E-state index < -0.39 is 0 Å². The van der Waals surface area contributed by atoms with Crippen molar-refractivity contribution in [2.45, 2.75) is 72.3 Å². The molecule has 0 unspecified atom stereocenters. The Kier molecular flexibility index (Phi) is 5.17. The number of benzene rings is 1. The van der Waals surface area contributed by atoms with E-state index in [9.17, 15) is 5.11 Å². The van der Waals surface area contributed by atoms with E-state index in [2.05, 4.69) is 73.6 Å². The minimum absolute atomic E-state index is 0.102. The van der Waals surface area contributed by atoms with Crippen molar-refractivity contribution in [1.82, 2.24) is 5.06 Å². The monoisotopic (exact) mass is 331 g/mol. The summed E-state index contributed by atoms with van der Waals surface area (Å²) in [7, 11) is 0. The molecule has 3 heteroatoms. The zero-order valence-corrected chi connectivity index (χ0v) is 16.5. The first-order valence-electron chi connectivity index (χ1n) is 8.86. The minimum Gasteiger partial charge on any atom is -0.507 e. The second-order valence-corrected chi connectivity index (χ2v) is 9.21. The molecule has 24 heavy (non-hydrogen) atoms. The minimum atomic E-state index is -0.102. The lowest BCUT2D eigenvalue weighted by molar-refractivity contribution is -0.131. The Morgan fingerprint density at radius 3 is 1.92 bits per heavy atom. The molecule has 0 aromatic heterocycles. The fourth-order valence-corrected chi connectivity index (χ4v) is 3.00. The molecule has 0 atom stereocenters. The number of nitrogens with zero attached hydrogens (tertiary/aromatic N) is 1. The highest BCUT2D eigenvalue weighted by Gasteiger charge is 2.27. The van der Waals surface area contributed by atoms with Crippen molar-refractivity contribution in [3.05, 3.63) is 34.4 Å². The van der Waals surface area contributed by atoms with Gasteiger partial charge >= 0.3 is 0 Å². The smallest absolute Gasteiger partial charge is 0.123 e. The standard InChI is InChI=1S/C21H33NO2/c1-14(2)22-12-16(13-24-22)9-15-10-17(20(3,4)5)19(23)18(11-15)21(6,7)8/h9-11,14,23H,12-13H2,1-8H3. The highest BCUT2D eigenvalue weighted by atomic mass is 16.7. The maximum absolute atomic E-state index is 10.8. The van der Waals surface area contributed by atoms with E-state index in [1.54, 1.807) is 0 Å². The third kappa shape index (κ3) is 4.20. The van der Waals surface area contributed by atoms with Crippen molar-refractivity contribution in [3.8, 4) is 5.75 Å². The van der Waals surface area contributed by atoms with Crippen LogP contribution in [-0.2, 0) is 15.7 Å². The maximum Gasteiger partial charge on any atom is 0.123 e. The number of phenolic OH excluding ortho intramolecular Hbond substituents is 1. The largest absolute Gasteiger partial charge is 0.507 e. The molecule has 1 aliphatic rings.